The van der Waals surface area contributed by atoms with Crippen LogP contribution >= 0.6 is 0 Å². The van der Waals surface area contributed by atoms with E-state index in [9.17, 15) is 9.59 Å². The minimum absolute atomic E-state index is 0.266. The van der Waals surface area contributed by atoms with Gasteiger partial charge < -0.3 is 9.84 Å². The molecule has 10 heavy (non-hydrogen) atoms. The molecular weight excluding hydrogens is 138 g/mol. The van der Waals surface area contributed by atoms with Gasteiger partial charge in [-0.3, -0.25) is 4.90 Å². The molecule has 0 aromatic rings. The SMILES string of the molecule is COC(=O)N1C[C@@H]1C(=O)O. The third-order valence-electron chi connectivity index (χ3n) is 1.31. The topological polar surface area (TPSA) is 66.6 Å². The molecule has 5 nitrogen and oxygen atoms in total. The van der Waals surface area contributed by atoms with E-state index in [0.717, 1.165) is 4.90 Å². The number of amides is 1. The van der Waals surface area contributed by atoms with Gasteiger partial charge in [-0.05, 0) is 0 Å². The van der Waals surface area contributed by atoms with Crippen molar-refractivity contribution in [2.24, 2.45) is 0 Å². The van der Waals surface area contributed by atoms with Crippen LogP contribution in [-0.2, 0) is 9.53 Å². The number of hydrogen-bond acceptors (Lipinski definition) is 3. The first kappa shape index (κ1) is 6.85. The molecule has 1 aliphatic rings. The average molecular weight is 145 g/mol. The van der Waals surface area contributed by atoms with E-state index in [-0.39, 0.29) is 6.54 Å². The number of carbonyl (C=O) groups is 2. The van der Waals surface area contributed by atoms with E-state index in [2.05, 4.69) is 4.74 Å². The summed E-state index contributed by atoms with van der Waals surface area (Å²) in [6.07, 6.45) is -0.576. The van der Waals surface area contributed by atoms with Crippen molar-refractivity contribution in [3.8, 4) is 0 Å². The van der Waals surface area contributed by atoms with Crippen LogP contribution in [0.15, 0.2) is 0 Å². The second kappa shape index (κ2) is 2.17. The maximum Gasteiger partial charge on any atom is 0.410 e. The fraction of sp³-hybridized carbons (Fsp3) is 0.600. The lowest BCUT2D eigenvalue weighted by atomic mass is 10.5. The van der Waals surface area contributed by atoms with Gasteiger partial charge in [0.15, 0.2) is 6.04 Å². The first-order valence-electron chi connectivity index (χ1n) is 2.74. The monoisotopic (exact) mass is 145 g/mol. The van der Waals surface area contributed by atoms with Crippen LogP contribution in [0.3, 0.4) is 0 Å². The van der Waals surface area contributed by atoms with E-state index < -0.39 is 18.1 Å². The standard InChI is InChI=1S/C5H7NO4/c1-10-5(9)6-2-3(6)4(7)8/h3H,2H2,1H3,(H,7,8)/t3-,6?/m1/s1. The van der Waals surface area contributed by atoms with Gasteiger partial charge in [0.25, 0.3) is 0 Å². The van der Waals surface area contributed by atoms with Crippen molar-refractivity contribution in [1.82, 2.24) is 4.90 Å². The summed E-state index contributed by atoms with van der Waals surface area (Å²) in [6.45, 7) is 0.266. The minimum atomic E-state index is -0.981. The molecule has 0 unspecified atom stereocenters. The Kier molecular flexibility index (Phi) is 1.48. The molecule has 0 bridgehead atoms. The lowest BCUT2D eigenvalue weighted by Crippen LogP contribution is -2.17. The summed E-state index contributed by atoms with van der Waals surface area (Å²) in [6, 6.07) is -0.660. The van der Waals surface area contributed by atoms with Crippen LogP contribution < -0.4 is 0 Å². The van der Waals surface area contributed by atoms with Gasteiger partial charge in [-0.25, -0.2) is 9.59 Å². The van der Waals surface area contributed by atoms with Gasteiger partial charge in [0.05, 0.1) is 13.7 Å². The predicted octanol–water partition coefficient (Wildman–Crippen LogP) is -0.478. The normalized spacial score (nSPS) is 22.1. The van der Waals surface area contributed by atoms with Crippen molar-refractivity contribution < 1.29 is 19.4 Å². The lowest BCUT2D eigenvalue weighted by Gasteiger charge is -1.97. The third-order valence-corrected chi connectivity index (χ3v) is 1.31. The Morgan fingerprint density at radius 3 is 2.60 bits per heavy atom. The third kappa shape index (κ3) is 1.02. The summed E-state index contributed by atoms with van der Waals surface area (Å²) in [5.41, 5.74) is 0. The number of carboxylic acids is 1. The Balaban J connectivity index is 2.38. The number of hydrogen-bond donors (Lipinski definition) is 1. The van der Waals surface area contributed by atoms with E-state index in [1.165, 1.54) is 7.11 Å². The van der Waals surface area contributed by atoms with E-state index in [0.29, 0.717) is 0 Å². The Morgan fingerprint density at radius 2 is 2.30 bits per heavy atom. The molecule has 0 spiro atoms. The van der Waals surface area contributed by atoms with Gasteiger partial charge in [0.1, 0.15) is 0 Å². The van der Waals surface area contributed by atoms with Crippen LogP contribution in [0.2, 0.25) is 0 Å². The molecule has 1 saturated heterocycles. The highest BCUT2D eigenvalue weighted by Crippen LogP contribution is 2.17. The smallest absolute Gasteiger partial charge is 0.410 e. The van der Waals surface area contributed by atoms with Crippen LogP contribution in [0.5, 0.6) is 0 Å². The molecule has 0 aliphatic carbocycles. The van der Waals surface area contributed by atoms with Crippen LogP contribution in [0.25, 0.3) is 0 Å². The van der Waals surface area contributed by atoms with Gasteiger partial charge in [0.2, 0.25) is 0 Å². The van der Waals surface area contributed by atoms with Gasteiger partial charge in [-0.2, -0.15) is 0 Å². The van der Waals surface area contributed by atoms with Gasteiger partial charge >= 0.3 is 12.1 Å². The van der Waals surface area contributed by atoms with E-state index >= 15 is 0 Å². The van der Waals surface area contributed by atoms with Crippen LogP contribution in [-0.4, -0.2) is 41.8 Å². The second-order valence-electron chi connectivity index (χ2n) is 1.98. The summed E-state index contributed by atoms with van der Waals surface area (Å²) in [5, 5.41) is 8.32. The Morgan fingerprint density at radius 1 is 1.70 bits per heavy atom. The number of rotatable bonds is 1. The highest BCUT2D eigenvalue weighted by molar-refractivity contribution is 5.85. The molecule has 0 aromatic carbocycles. The van der Waals surface area contributed by atoms with E-state index in [1.54, 1.807) is 0 Å². The van der Waals surface area contributed by atoms with Gasteiger partial charge in [0, 0.05) is 0 Å². The van der Waals surface area contributed by atoms with Crippen molar-refractivity contribution in [3.63, 3.8) is 0 Å². The van der Waals surface area contributed by atoms with Crippen LogP contribution in [0, 0.1) is 0 Å². The maximum atomic E-state index is 10.5. The first-order chi connectivity index (χ1) is 4.66. The Bertz CT molecular complexity index is 178. The number of carboxylic acid groups (broad SMARTS) is 1. The zero-order valence-electron chi connectivity index (χ0n) is 5.40. The molecule has 1 rings (SSSR count). The largest absolute Gasteiger partial charge is 0.480 e. The molecule has 1 amide bonds. The molecule has 1 N–H and O–H groups in total. The number of ether oxygens (including phenoxy) is 1. The quantitative estimate of drug-likeness (QED) is 0.506. The minimum Gasteiger partial charge on any atom is -0.480 e. The molecule has 0 aromatic heterocycles. The molecule has 0 radical (unpaired) electrons. The lowest BCUT2D eigenvalue weighted by molar-refractivity contribution is -0.137. The number of nitrogens with zero attached hydrogens (tertiary/aromatic N) is 1. The van der Waals surface area contributed by atoms with Crippen LogP contribution in [0.1, 0.15) is 0 Å². The molecule has 5 heteroatoms. The number of methoxy groups -OCH3 is 1. The Hall–Kier alpha value is -1.26. The van der Waals surface area contributed by atoms with E-state index in [1.807, 2.05) is 0 Å². The average Bonchev–Trinajstić information content (AvgIpc) is 2.64. The summed E-state index contributed by atoms with van der Waals surface area (Å²) < 4.78 is 4.28. The number of aliphatic carboxylic acids is 1. The van der Waals surface area contributed by atoms with Crippen molar-refractivity contribution in [3.05, 3.63) is 0 Å². The molecule has 1 fully saturated rings. The van der Waals surface area contributed by atoms with Gasteiger partial charge in [-0.1, -0.05) is 0 Å². The molecular formula is C5H7NO4. The zero-order chi connectivity index (χ0) is 7.72. The van der Waals surface area contributed by atoms with Crippen molar-refractivity contribution >= 4 is 12.1 Å². The zero-order valence-corrected chi connectivity index (χ0v) is 5.40. The first-order valence-corrected chi connectivity index (χ1v) is 2.74. The number of carbonyl (C=O) groups excluding carboxylic acids is 1. The molecule has 1 aliphatic heterocycles. The van der Waals surface area contributed by atoms with Crippen molar-refractivity contribution in [1.29, 1.82) is 0 Å². The van der Waals surface area contributed by atoms with Crippen molar-refractivity contribution in [2.45, 2.75) is 6.04 Å². The highest BCUT2D eigenvalue weighted by atomic mass is 16.5. The van der Waals surface area contributed by atoms with E-state index in [4.69, 9.17) is 5.11 Å². The second-order valence-corrected chi connectivity index (χ2v) is 1.98. The Labute approximate surface area is 57.2 Å². The molecule has 56 valence electrons. The molecule has 1 atom stereocenters. The predicted molar refractivity (Wildman–Crippen MR) is 30.5 cm³/mol. The van der Waals surface area contributed by atoms with Crippen molar-refractivity contribution in [2.75, 3.05) is 13.7 Å². The molecule has 1 heterocycles. The fourth-order valence-electron chi connectivity index (χ4n) is 0.670. The summed E-state index contributed by atoms with van der Waals surface area (Å²) >= 11 is 0. The van der Waals surface area contributed by atoms with Crippen LogP contribution in [0.4, 0.5) is 4.79 Å². The fourth-order valence-corrected chi connectivity index (χ4v) is 0.670. The summed E-state index contributed by atoms with van der Waals surface area (Å²) in [5.74, 6) is -0.981. The maximum absolute atomic E-state index is 10.5. The van der Waals surface area contributed by atoms with Gasteiger partial charge in [-0.15, -0.1) is 0 Å². The summed E-state index contributed by atoms with van der Waals surface area (Å²) in [4.78, 5) is 21.8. The highest BCUT2D eigenvalue weighted by Gasteiger charge is 2.45. The molecule has 0 saturated carbocycles. The summed E-state index contributed by atoms with van der Waals surface area (Å²) in [7, 11) is 1.22.